The minimum Gasteiger partial charge on any atom is -0.381 e. The monoisotopic (exact) mass is 166 g/mol. The van der Waals surface area contributed by atoms with E-state index in [4.69, 9.17) is 5.73 Å². The number of nitrogens with zero attached hydrogens (tertiary/aromatic N) is 1. The van der Waals surface area contributed by atoms with E-state index in [1.165, 1.54) is 0 Å². The van der Waals surface area contributed by atoms with Crippen LogP contribution < -0.4 is 5.73 Å². The van der Waals surface area contributed by atoms with Crippen LogP contribution in [-0.4, -0.2) is 4.98 Å². The second-order valence-electron chi connectivity index (χ2n) is 1.50. The van der Waals surface area contributed by atoms with E-state index in [9.17, 15) is 8.78 Å². The predicted molar refractivity (Wildman–Crippen MR) is 35.8 cm³/mol. The molecule has 0 bridgehead atoms. The molecule has 2 N–H and O–H groups in total. The number of hydrogen-bond acceptors (Lipinski definition) is 2. The summed E-state index contributed by atoms with van der Waals surface area (Å²) in [5.41, 5.74) is 4.89. The molecule has 10 heavy (non-hydrogen) atoms. The highest BCUT2D eigenvalue weighted by Crippen LogP contribution is 2.04. The van der Waals surface area contributed by atoms with Gasteiger partial charge in [-0.25, -0.2) is 4.39 Å². The SMILES string of the molecule is Cl.Nc1nc(F)ccc1F. The Morgan fingerprint density at radius 3 is 2.30 bits per heavy atom. The fourth-order valence-corrected chi connectivity index (χ4v) is 0.433. The highest BCUT2D eigenvalue weighted by Gasteiger charge is 1.98. The predicted octanol–water partition coefficient (Wildman–Crippen LogP) is 1.36. The van der Waals surface area contributed by atoms with Crippen molar-refractivity contribution in [3.8, 4) is 0 Å². The van der Waals surface area contributed by atoms with Crippen LogP contribution in [0.3, 0.4) is 0 Å². The highest BCUT2D eigenvalue weighted by molar-refractivity contribution is 5.85. The van der Waals surface area contributed by atoms with Crippen molar-refractivity contribution in [2.45, 2.75) is 0 Å². The Balaban J connectivity index is 0.000000810. The van der Waals surface area contributed by atoms with Gasteiger partial charge < -0.3 is 5.73 Å². The van der Waals surface area contributed by atoms with Crippen LogP contribution in [0.1, 0.15) is 0 Å². The molecule has 0 radical (unpaired) electrons. The normalized spacial score (nSPS) is 8.60. The lowest BCUT2D eigenvalue weighted by atomic mass is 10.4. The third kappa shape index (κ3) is 1.80. The van der Waals surface area contributed by atoms with Gasteiger partial charge in [0.1, 0.15) is 0 Å². The van der Waals surface area contributed by atoms with Crippen molar-refractivity contribution in [3.63, 3.8) is 0 Å². The number of aromatic nitrogens is 1. The second-order valence-corrected chi connectivity index (χ2v) is 1.50. The quantitative estimate of drug-likeness (QED) is 0.591. The van der Waals surface area contributed by atoms with Gasteiger partial charge in [0, 0.05) is 0 Å². The van der Waals surface area contributed by atoms with E-state index in [-0.39, 0.29) is 12.4 Å². The van der Waals surface area contributed by atoms with E-state index in [0.717, 1.165) is 12.1 Å². The third-order valence-corrected chi connectivity index (χ3v) is 0.839. The van der Waals surface area contributed by atoms with E-state index in [0.29, 0.717) is 0 Å². The van der Waals surface area contributed by atoms with E-state index < -0.39 is 17.6 Å². The molecule has 0 saturated heterocycles. The molecule has 0 fully saturated rings. The number of halogens is 3. The van der Waals surface area contributed by atoms with Crippen molar-refractivity contribution in [2.24, 2.45) is 0 Å². The molecule has 0 amide bonds. The maximum absolute atomic E-state index is 12.1. The van der Waals surface area contributed by atoms with Crippen LogP contribution in [0.2, 0.25) is 0 Å². The fraction of sp³-hybridized carbons (Fsp3) is 0. The molecular weight excluding hydrogens is 162 g/mol. The highest BCUT2D eigenvalue weighted by atomic mass is 35.5. The van der Waals surface area contributed by atoms with Crippen molar-refractivity contribution < 1.29 is 8.78 Å². The maximum Gasteiger partial charge on any atom is 0.214 e. The van der Waals surface area contributed by atoms with Crippen molar-refractivity contribution in [2.75, 3.05) is 5.73 Å². The van der Waals surface area contributed by atoms with E-state index >= 15 is 0 Å². The number of rotatable bonds is 0. The van der Waals surface area contributed by atoms with Crippen molar-refractivity contribution in [1.29, 1.82) is 0 Å². The van der Waals surface area contributed by atoms with Crippen LogP contribution in [0.5, 0.6) is 0 Å². The first-order valence-corrected chi connectivity index (χ1v) is 2.27. The molecule has 0 atom stereocenters. The summed E-state index contributed by atoms with van der Waals surface area (Å²) in [6.45, 7) is 0. The largest absolute Gasteiger partial charge is 0.381 e. The number of anilines is 1. The van der Waals surface area contributed by atoms with Crippen molar-refractivity contribution in [1.82, 2.24) is 4.98 Å². The standard InChI is InChI=1S/C5H4F2N2.ClH/c6-3-1-2-4(7)9-5(3)8;/h1-2H,(H2,8,9);1H. The Morgan fingerprint density at radius 1 is 1.30 bits per heavy atom. The molecular formula is C5H5ClF2N2. The van der Waals surface area contributed by atoms with Gasteiger partial charge in [-0.1, -0.05) is 0 Å². The van der Waals surface area contributed by atoms with Gasteiger partial charge in [-0.15, -0.1) is 12.4 Å². The van der Waals surface area contributed by atoms with Crippen LogP contribution in [0.25, 0.3) is 0 Å². The Hall–Kier alpha value is -0.900. The average Bonchev–Trinajstić information content (AvgIpc) is 1.80. The Labute approximate surface area is 62.5 Å². The van der Waals surface area contributed by atoms with E-state index in [1.807, 2.05) is 0 Å². The van der Waals surface area contributed by atoms with Gasteiger partial charge in [0.15, 0.2) is 11.6 Å². The van der Waals surface area contributed by atoms with Crippen LogP contribution >= 0.6 is 12.4 Å². The molecule has 0 spiro atoms. The van der Waals surface area contributed by atoms with Gasteiger partial charge in [-0.05, 0) is 12.1 Å². The fourth-order valence-electron chi connectivity index (χ4n) is 0.433. The number of nitrogens with two attached hydrogens (primary N) is 1. The lowest BCUT2D eigenvalue weighted by Gasteiger charge is -1.91. The molecule has 0 aromatic carbocycles. The molecule has 2 nitrogen and oxygen atoms in total. The second kappa shape index (κ2) is 3.31. The molecule has 0 aliphatic heterocycles. The van der Waals surface area contributed by atoms with Crippen LogP contribution in [0, 0.1) is 11.8 Å². The van der Waals surface area contributed by atoms with Gasteiger partial charge in [0.25, 0.3) is 0 Å². The molecule has 5 heteroatoms. The zero-order valence-electron chi connectivity index (χ0n) is 4.84. The van der Waals surface area contributed by atoms with Crippen LogP contribution in [-0.2, 0) is 0 Å². The molecule has 1 aromatic rings. The first-order chi connectivity index (χ1) is 4.20. The maximum atomic E-state index is 12.1. The molecule has 0 saturated carbocycles. The summed E-state index contributed by atoms with van der Waals surface area (Å²) >= 11 is 0. The summed E-state index contributed by atoms with van der Waals surface area (Å²) in [6.07, 6.45) is 0. The Bertz CT molecular complexity index is 229. The van der Waals surface area contributed by atoms with Crippen LogP contribution in [0.4, 0.5) is 14.6 Å². The summed E-state index contributed by atoms with van der Waals surface area (Å²) in [5.74, 6) is -1.87. The van der Waals surface area contributed by atoms with Crippen molar-refractivity contribution >= 4 is 18.2 Å². The summed E-state index contributed by atoms with van der Waals surface area (Å²) in [6, 6.07) is 1.84. The van der Waals surface area contributed by atoms with E-state index in [1.54, 1.807) is 0 Å². The number of hydrogen-bond donors (Lipinski definition) is 1. The smallest absolute Gasteiger partial charge is 0.214 e. The first kappa shape index (κ1) is 9.10. The average molecular weight is 167 g/mol. The summed E-state index contributed by atoms with van der Waals surface area (Å²) in [4.78, 5) is 3.01. The molecule has 0 aliphatic carbocycles. The molecule has 56 valence electrons. The minimum absolute atomic E-state index is 0. The van der Waals surface area contributed by atoms with Gasteiger partial charge in [-0.2, -0.15) is 9.37 Å². The lowest BCUT2D eigenvalue weighted by molar-refractivity contribution is 0.565. The van der Waals surface area contributed by atoms with Gasteiger partial charge in [-0.3, -0.25) is 0 Å². The molecule has 1 heterocycles. The molecule has 0 aliphatic rings. The first-order valence-electron chi connectivity index (χ1n) is 2.27. The number of nitrogen functional groups attached to an aromatic ring is 1. The molecule has 1 rings (SSSR count). The molecule has 0 unspecified atom stereocenters. The van der Waals surface area contributed by atoms with Gasteiger partial charge >= 0.3 is 0 Å². The van der Waals surface area contributed by atoms with Crippen molar-refractivity contribution in [3.05, 3.63) is 23.9 Å². The lowest BCUT2D eigenvalue weighted by Crippen LogP contribution is -1.95. The van der Waals surface area contributed by atoms with Gasteiger partial charge in [0.05, 0.1) is 0 Å². The number of pyridine rings is 1. The summed E-state index contributed by atoms with van der Waals surface area (Å²) < 4.78 is 24.1. The minimum atomic E-state index is -0.770. The molecule has 1 aromatic heterocycles. The zero-order chi connectivity index (χ0) is 6.85. The summed E-state index contributed by atoms with van der Waals surface area (Å²) in [7, 11) is 0. The Kier molecular flexibility index (Phi) is 3.02. The Morgan fingerprint density at radius 2 is 1.90 bits per heavy atom. The zero-order valence-corrected chi connectivity index (χ0v) is 5.66. The summed E-state index contributed by atoms with van der Waals surface area (Å²) in [5, 5.41) is 0. The van der Waals surface area contributed by atoms with Gasteiger partial charge in [0.2, 0.25) is 5.95 Å². The third-order valence-electron chi connectivity index (χ3n) is 0.839. The topological polar surface area (TPSA) is 38.9 Å². The van der Waals surface area contributed by atoms with E-state index in [2.05, 4.69) is 4.98 Å². The van der Waals surface area contributed by atoms with Crippen LogP contribution in [0.15, 0.2) is 12.1 Å².